The van der Waals surface area contributed by atoms with Crippen molar-refractivity contribution in [2.75, 3.05) is 13.1 Å². The van der Waals surface area contributed by atoms with Crippen molar-refractivity contribution in [1.29, 1.82) is 0 Å². The van der Waals surface area contributed by atoms with Gasteiger partial charge in [0.25, 0.3) is 0 Å². The zero-order chi connectivity index (χ0) is 15.0. The number of nitrogens with zero attached hydrogens (tertiary/aromatic N) is 2. The molecule has 0 aromatic rings. The average Bonchev–Trinajstić information content (AvgIpc) is 3.10. The lowest BCUT2D eigenvalue weighted by Gasteiger charge is -2.32. The minimum absolute atomic E-state index is 0.0623. The molecule has 0 spiro atoms. The average molecular weight is 293 g/mol. The van der Waals surface area contributed by atoms with Gasteiger partial charge in [0.15, 0.2) is 0 Å². The fourth-order valence-corrected chi connectivity index (χ4v) is 3.98. The molecule has 3 atom stereocenters. The van der Waals surface area contributed by atoms with Crippen LogP contribution in [0, 0.1) is 5.92 Å². The van der Waals surface area contributed by atoms with E-state index in [1.807, 2.05) is 0 Å². The highest BCUT2D eigenvalue weighted by Crippen LogP contribution is 2.33. The van der Waals surface area contributed by atoms with Gasteiger partial charge in [-0.15, -0.1) is 0 Å². The summed E-state index contributed by atoms with van der Waals surface area (Å²) in [7, 11) is 0. The summed E-state index contributed by atoms with van der Waals surface area (Å²) < 4.78 is 0. The molecule has 1 N–H and O–H groups in total. The van der Waals surface area contributed by atoms with Gasteiger partial charge in [0.05, 0.1) is 12.2 Å². The summed E-state index contributed by atoms with van der Waals surface area (Å²) in [6.45, 7) is 8.94. The molecular weight excluding hydrogens is 262 g/mol. The fourth-order valence-electron chi connectivity index (χ4n) is 3.98. The van der Waals surface area contributed by atoms with Gasteiger partial charge in [0, 0.05) is 25.2 Å². The maximum Gasteiger partial charge on any atom is 0.241 e. The van der Waals surface area contributed by atoms with E-state index in [4.69, 9.17) is 0 Å². The Kier molecular flexibility index (Phi) is 4.55. The molecule has 0 radical (unpaired) electrons. The Bertz CT molecular complexity index is 380. The van der Waals surface area contributed by atoms with E-state index >= 15 is 0 Å². The van der Waals surface area contributed by atoms with E-state index in [2.05, 4.69) is 35.9 Å². The van der Waals surface area contributed by atoms with E-state index in [0.717, 1.165) is 38.3 Å². The van der Waals surface area contributed by atoms with Gasteiger partial charge in [0.2, 0.25) is 5.91 Å². The van der Waals surface area contributed by atoms with Gasteiger partial charge in [-0.25, -0.2) is 0 Å². The number of likely N-dealkylation sites (tertiary alicyclic amines) is 1. The Labute approximate surface area is 129 Å². The van der Waals surface area contributed by atoms with Crippen LogP contribution in [-0.4, -0.2) is 53.1 Å². The summed E-state index contributed by atoms with van der Waals surface area (Å²) in [5.74, 6) is 0.848. The molecule has 1 saturated carbocycles. The highest BCUT2D eigenvalue weighted by molar-refractivity contribution is 5.84. The van der Waals surface area contributed by atoms with Crippen LogP contribution in [0.2, 0.25) is 0 Å². The molecule has 2 aliphatic heterocycles. The lowest BCUT2D eigenvalue weighted by atomic mass is 10.1. The van der Waals surface area contributed by atoms with Gasteiger partial charge in [-0.2, -0.15) is 0 Å². The molecule has 3 rings (SSSR count). The van der Waals surface area contributed by atoms with Gasteiger partial charge in [-0.05, 0) is 31.6 Å². The van der Waals surface area contributed by atoms with Crippen LogP contribution in [0.25, 0.3) is 0 Å². The zero-order valence-electron chi connectivity index (χ0n) is 13.8. The summed E-state index contributed by atoms with van der Waals surface area (Å²) in [6, 6.07) is 1.33. The first-order valence-electron chi connectivity index (χ1n) is 8.94. The van der Waals surface area contributed by atoms with Gasteiger partial charge in [-0.3, -0.25) is 15.0 Å². The van der Waals surface area contributed by atoms with E-state index < -0.39 is 0 Å². The Morgan fingerprint density at radius 3 is 2.62 bits per heavy atom. The third-order valence-corrected chi connectivity index (χ3v) is 5.35. The minimum atomic E-state index is 0.0623. The van der Waals surface area contributed by atoms with Crippen molar-refractivity contribution in [2.24, 2.45) is 5.92 Å². The van der Waals surface area contributed by atoms with Crippen molar-refractivity contribution in [3.05, 3.63) is 0 Å². The fraction of sp³-hybridized carbons (Fsp3) is 0.941. The van der Waals surface area contributed by atoms with Crippen molar-refractivity contribution < 1.29 is 4.79 Å². The first-order valence-corrected chi connectivity index (χ1v) is 8.94. The van der Waals surface area contributed by atoms with Crippen LogP contribution in [0.3, 0.4) is 0 Å². The number of amides is 1. The number of nitrogens with one attached hydrogen (secondary N) is 1. The van der Waals surface area contributed by atoms with Crippen molar-refractivity contribution in [2.45, 2.75) is 83.6 Å². The SMILES string of the molecule is CCCCC1NC(C(C)C)N(C2CCN(C3CC3)C2)C1=O. The third kappa shape index (κ3) is 3.11. The van der Waals surface area contributed by atoms with E-state index in [-0.39, 0.29) is 12.2 Å². The molecular formula is C17H31N3O. The molecule has 4 heteroatoms. The molecule has 1 amide bonds. The van der Waals surface area contributed by atoms with Crippen molar-refractivity contribution >= 4 is 5.91 Å². The maximum absolute atomic E-state index is 12.9. The van der Waals surface area contributed by atoms with Crippen molar-refractivity contribution in [1.82, 2.24) is 15.1 Å². The lowest BCUT2D eigenvalue weighted by Crippen LogP contribution is -2.48. The molecule has 4 nitrogen and oxygen atoms in total. The van der Waals surface area contributed by atoms with Crippen molar-refractivity contribution in [3.8, 4) is 0 Å². The number of unbranched alkanes of at least 4 members (excludes halogenated alkanes) is 1. The predicted molar refractivity (Wildman–Crippen MR) is 84.9 cm³/mol. The molecule has 0 aromatic heterocycles. The Morgan fingerprint density at radius 2 is 2.00 bits per heavy atom. The summed E-state index contributed by atoms with van der Waals surface area (Å²) in [5, 5.41) is 3.62. The quantitative estimate of drug-likeness (QED) is 0.815. The zero-order valence-corrected chi connectivity index (χ0v) is 13.8. The summed E-state index contributed by atoms with van der Waals surface area (Å²) in [6.07, 6.45) is 7.43. The molecule has 1 aliphatic carbocycles. The molecule has 3 unspecified atom stereocenters. The van der Waals surface area contributed by atoms with Crippen LogP contribution >= 0.6 is 0 Å². The predicted octanol–water partition coefficient (Wildman–Crippen LogP) is 2.20. The normalized spacial score (nSPS) is 34.4. The van der Waals surface area contributed by atoms with Crippen LogP contribution in [0.15, 0.2) is 0 Å². The molecule has 2 heterocycles. The van der Waals surface area contributed by atoms with Gasteiger partial charge >= 0.3 is 0 Å². The van der Waals surface area contributed by atoms with E-state index in [9.17, 15) is 4.79 Å². The number of carbonyl (C=O) groups is 1. The monoisotopic (exact) mass is 293 g/mol. The van der Waals surface area contributed by atoms with E-state index in [0.29, 0.717) is 17.9 Å². The topological polar surface area (TPSA) is 35.6 Å². The smallest absolute Gasteiger partial charge is 0.241 e. The first-order chi connectivity index (χ1) is 10.1. The molecule has 0 aromatic carbocycles. The van der Waals surface area contributed by atoms with Gasteiger partial charge in [0.1, 0.15) is 0 Å². The Hall–Kier alpha value is -0.610. The van der Waals surface area contributed by atoms with Crippen LogP contribution in [0.1, 0.15) is 59.3 Å². The standard InChI is InChI=1S/C17H31N3O/c1-4-5-6-15-17(21)20(16(18-15)12(2)3)14-9-10-19(11-14)13-7-8-13/h12-16,18H,4-11H2,1-3H3. The second kappa shape index (κ2) is 6.25. The van der Waals surface area contributed by atoms with Crippen LogP contribution in [-0.2, 0) is 4.79 Å². The van der Waals surface area contributed by atoms with Crippen LogP contribution in [0.5, 0.6) is 0 Å². The summed E-state index contributed by atoms with van der Waals surface area (Å²) in [5.41, 5.74) is 0. The molecule has 2 saturated heterocycles. The first kappa shape index (κ1) is 15.3. The molecule has 3 aliphatic rings. The summed E-state index contributed by atoms with van der Waals surface area (Å²) >= 11 is 0. The third-order valence-electron chi connectivity index (χ3n) is 5.35. The van der Waals surface area contributed by atoms with Crippen LogP contribution < -0.4 is 5.32 Å². The number of hydrogen-bond donors (Lipinski definition) is 1. The van der Waals surface area contributed by atoms with Gasteiger partial charge < -0.3 is 4.90 Å². The molecule has 3 fully saturated rings. The number of rotatable bonds is 6. The largest absolute Gasteiger partial charge is 0.321 e. The second-order valence-corrected chi connectivity index (χ2v) is 7.46. The van der Waals surface area contributed by atoms with E-state index in [1.165, 1.54) is 19.4 Å². The highest BCUT2D eigenvalue weighted by atomic mass is 16.2. The molecule has 120 valence electrons. The molecule has 0 bridgehead atoms. The number of hydrogen-bond acceptors (Lipinski definition) is 3. The van der Waals surface area contributed by atoms with Crippen LogP contribution in [0.4, 0.5) is 0 Å². The number of carbonyl (C=O) groups excluding carboxylic acids is 1. The lowest BCUT2D eigenvalue weighted by molar-refractivity contribution is -0.132. The van der Waals surface area contributed by atoms with Gasteiger partial charge in [-0.1, -0.05) is 33.6 Å². The van der Waals surface area contributed by atoms with E-state index in [1.54, 1.807) is 0 Å². The second-order valence-electron chi connectivity index (χ2n) is 7.46. The Morgan fingerprint density at radius 1 is 1.24 bits per heavy atom. The van der Waals surface area contributed by atoms with Crippen molar-refractivity contribution in [3.63, 3.8) is 0 Å². The minimum Gasteiger partial charge on any atom is -0.321 e. The molecule has 21 heavy (non-hydrogen) atoms. The Balaban J connectivity index is 1.67. The maximum atomic E-state index is 12.9. The summed E-state index contributed by atoms with van der Waals surface area (Å²) in [4.78, 5) is 17.7. The highest BCUT2D eigenvalue weighted by Gasteiger charge is 2.46.